The third-order valence-electron chi connectivity index (χ3n) is 4.03. The van der Waals surface area contributed by atoms with Crippen molar-refractivity contribution in [2.45, 2.75) is 51.1 Å². The van der Waals surface area contributed by atoms with E-state index in [9.17, 15) is 4.79 Å². The molecule has 1 aromatic heterocycles. The highest BCUT2D eigenvalue weighted by atomic mass is 32.1. The first-order valence-electron chi connectivity index (χ1n) is 7.17. The number of carbonyl (C=O) groups excluding carboxylic acids is 1. The summed E-state index contributed by atoms with van der Waals surface area (Å²) in [4.78, 5) is 19.7. The van der Waals surface area contributed by atoms with Crippen LogP contribution in [-0.4, -0.2) is 35.0 Å². The van der Waals surface area contributed by atoms with Gasteiger partial charge in [-0.3, -0.25) is 9.69 Å². The van der Waals surface area contributed by atoms with Gasteiger partial charge in [0.2, 0.25) is 0 Å². The van der Waals surface area contributed by atoms with Crippen molar-refractivity contribution < 1.29 is 9.53 Å². The fraction of sp³-hybridized carbons (Fsp3) is 0.714. The summed E-state index contributed by atoms with van der Waals surface area (Å²) in [6.45, 7) is 2.98. The van der Waals surface area contributed by atoms with Gasteiger partial charge in [0.25, 0.3) is 0 Å². The van der Waals surface area contributed by atoms with Gasteiger partial charge in [-0.05, 0) is 26.8 Å². The lowest BCUT2D eigenvalue weighted by Crippen LogP contribution is -2.54. The number of nitrogens with zero attached hydrogens (tertiary/aromatic N) is 2. The van der Waals surface area contributed by atoms with Gasteiger partial charge in [-0.25, -0.2) is 4.98 Å². The monoisotopic (exact) mass is 297 g/mol. The van der Waals surface area contributed by atoms with Crippen molar-refractivity contribution in [3.63, 3.8) is 0 Å². The van der Waals surface area contributed by atoms with Crippen LogP contribution in [0, 0.1) is 0 Å². The number of hydrogen-bond donors (Lipinski definition) is 1. The molecule has 2 rings (SSSR count). The molecule has 1 saturated carbocycles. The minimum absolute atomic E-state index is 0.0836. The SMILES string of the molecule is CCOC(=O)C1(N(C)Cc2cnc(N)s2)CCCCC1. The van der Waals surface area contributed by atoms with Crippen LogP contribution in [0.3, 0.4) is 0 Å². The molecule has 0 amide bonds. The molecular weight excluding hydrogens is 274 g/mol. The summed E-state index contributed by atoms with van der Waals surface area (Å²) in [6, 6.07) is 0. The predicted octanol–water partition coefficient (Wildman–Crippen LogP) is 2.42. The summed E-state index contributed by atoms with van der Waals surface area (Å²) in [5.41, 5.74) is 5.19. The van der Waals surface area contributed by atoms with E-state index in [1.807, 2.05) is 14.0 Å². The Kier molecular flexibility index (Phi) is 4.99. The maximum Gasteiger partial charge on any atom is 0.326 e. The lowest BCUT2D eigenvalue weighted by atomic mass is 9.80. The van der Waals surface area contributed by atoms with Crippen LogP contribution in [-0.2, 0) is 16.1 Å². The minimum atomic E-state index is -0.479. The number of nitrogens with two attached hydrogens (primary N) is 1. The van der Waals surface area contributed by atoms with E-state index in [-0.39, 0.29) is 5.97 Å². The van der Waals surface area contributed by atoms with Crippen LogP contribution in [0.1, 0.15) is 43.9 Å². The average Bonchev–Trinajstić information content (AvgIpc) is 2.85. The first-order valence-corrected chi connectivity index (χ1v) is 7.99. The van der Waals surface area contributed by atoms with Gasteiger partial charge in [0.15, 0.2) is 5.13 Å². The molecule has 2 N–H and O–H groups in total. The molecule has 0 spiro atoms. The van der Waals surface area contributed by atoms with E-state index in [1.54, 1.807) is 6.20 Å². The second kappa shape index (κ2) is 6.54. The zero-order chi connectivity index (χ0) is 14.6. The maximum atomic E-state index is 12.5. The molecule has 1 fully saturated rings. The topological polar surface area (TPSA) is 68.5 Å². The number of anilines is 1. The van der Waals surface area contributed by atoms with E-state index in [1.165, 1.54) is 17.8 Å². The summed E-state index contributed by atoms with van der Waals surface area (Å²) in [5.74, 6) is -0.0836. The summed E-state index contributed by atoms with van der Waals surface area (Å²) in [7, 11) is 2.00. The predicted molar refractivity (Wildman–Crippen MR) is 80.4 cm³/mol. The molecule has 0 saturated heterocycles. The van der Waals surface area contributed by atoms with Gasteiger partial charge in [-0.2, -0.15) is 0 Å². The number of nitrogen functional groups attached to an aromatic ring is 1. The molecule has 1 aliphatic carbocycles. The number of aromatic nitrogens is 1. The molecule has 1 aliphatic rings. The largest absolute Gasteiger partial charge is 0.465 e. The van der Waals surface area contributed by atoms with Crippen molar-refractivity contribution in [3.05, 3.63) is 11.1 Å². The lowest BCUT2D eigenvalue weighted by Gasteiger charge is -2.42. The van der Waals surface area contributed by atoms with Crippen LogP contribution in [0.2, 0.25) is 0 Å². The molecule has 0 atom stereocenters. The Morgan fingerprint density at radius 1 is 1.50 bits per heavy atom. The van der Waals surface area contributed by atoms with Crippen molar-refractivity contribution in [2.24, 2.45) is 0 Å². The smallest absolute Gasteiger partial charge is 0.326 e. The van der Waals surface area contributed by atoms with E-state index in [0.29, 0.717) is 18.3 Å². The Labute approximate surface area is 124 Å². The Bertz CT molecular complexity index is 455. The molecule has 6 heteroatoms. The van der Waals surface area contributed by atoms with Crippen molar-refractivity contribution in [3.8, 4) is 0 Å². The lowest BCUT2D eigenvalue weighted by molar-refractivity contribution is -0.160. The third-order valence-corrected chi connectivity index (χ3v) is 4.84. The van der Waals surface area contributed by atoms with Gasteiger partial charge < -0.3 is 10.5 Å². The van der Waals surface area contributed by atoms with E-state index in [4.69, 9.17) is 10.5 Å². The standard InChI is InChI=1S/C14H23N3O2S/c1-3-19-12(18)14(7-5-4-6-8-14)17(2)10-11-9-16-13(15)20-11/h9H,3-8,10H2,1-2H3,(H2,15,16). The Morgan fingerprint density at radius 2 is 2.20 bits per heavy atom. The van der Waals surface area contributed by atoms with Crippen molar-refractivity contribution in [2.75, 3.05) is 19.4 Å². The molecule has 20 heavy (non-hydrogen) atoms. The summed E-state index contributed by atoms with van der Waals surface area (Å²) >= 11 is 1.48. The average molecular weight is 297 g/mol. The van der Waals surface area contributed by atoms with Gasteiger partial charge in [0.1, 0.15) is 5.54 Å². The number of esters is 1. The second-order valence-electron chi connectivity index (χ2n) is 5.33. The fourth-order valence-corrected chi connectivity index (χ4v) is 3.66. The molecule has 1 heterocycles. The normalized spacial score (nSPS) is 18.1. The summed E-state index contributed by atoms with van der Waals surface area (Å²) < 4.78 is 5.33. The van der Waals surface area contributed by atoms with E-state index < -0.39 is 5.54 Å². The number of ether oxygens (including phenoxy) is 1. The molecule has 0 radical (unpaired) electrons. The van der Waals surface area contributed by atoms with Gasteiger partial charge in [0.05, 0.1) is 6.61 Å². The van der Waals surface area contributed by atoms with Crippen LogP contribution in [0.5, 0.6) is 0 Å². The number of carbonyl (C=O) groups is 1. The van der Waals surface area contributed by atoms with E-state index in [0.717, 1.165) is 30.6 Å². The highest BCUT2D eigenvalue weighted by Gasteiger charge is 2.44. The third kappa shape index (κ3) is 3.12. The molecule has 0 unspecified atom stereocenters. The van der Waals surface area contributed by atoms with Gasteiger partial charge >= 0.3 is 5.97 Å². The molecular formula is C14H23N3O2S. The zero-order valence-electron chi connectivity index (χ0n) is 12.2. The fourth-order valence-electron chi connectivity index (χ4n) is 2.92. The van der Waals surface area contributed by atoms with Gasteiger partial charge in [-0.15, -0.1) is 11.3 Å². The number of rotatable bonds is 5. The van der Waals surface area contributed by atoms with Crippen LogP contribution in [0.15, 0.2) is 6.20 Å². The van der Waals surface area contributed by atoms with Gasteiger partial charge in [-0.1, -0.05) is 19.3 Å². The number of hydrogen-bond acceptors (Lipinski definition) is 6. The Morgan fingerprint density at radius 3 is 2.75 bits per heavy atom. The van der Waals surface area contributed by atoms with Crippen LogP contribution in [0.4, 0.5) is 5.13 Å². The first-order chi connectivity index (χ1) is 9.58. The molecule has 5 nitrogen and oxygen atoms in total. The number of likely N-dealkylation sites (N-methyl/N-ethyl adjacent to an activating group) is 1. The van der Waals surface area contributed by atoms with Crippen molar-refractivity contribution >= 4 is 22.4 Å². The van der Waals surface area contributed by atoms with Crippen LogP contribution < -0.4 is 5.73 Å². The minimum Gasteiger partial charge on any atom is -0.465 e. The Balaban J connectivity index is 2.14. The van der Waals surface area contributed by atoms with Crippen LogP contribution in [0.25, 0.3) is 0 Å². The second-order valence-corrected chi connectivity index (χ2v) is 6.48. The zero-order valence-corrected chi connectivity index (χ0v) is 13.0. The van der Waals surface area contributed by atoms with E-state index in [2.05, 4.69) is 9.88 Å². The quantitative estimate of drug-likeness (QED) is 0.845. The summed E-state index contributed by atoms with van der Waals surface area (Å²) in [6.07, 6.45) is 6.88. The van der Waals surface area contributed by atoms with Crippen molar-refractivity contribution in [1.82, 2.24) is 9.88 Å². The Hall–Kier alpha value is -1.14. The van der Waals surface area contributed by atoms with Crippen molar-refractivity contribution in [1.29, 1.82) is 0 Å². The van der Waals surface area contributed by atoms with Gasteiger partial charge in [0, 0.05) is 17.6 Å². The van der Waals surface area contributed by atoms with Crippen LogP contribution >= 0.6 is 11.3 Å². The highest BCUT2D eigenvalue weighted by molar-refractivity contribution is 7.15. The number of thiazole rings is 1. The summed E-state index contributed by atoms with van der Waals surface area (Å²) in [5, 5.41) is 0.572. The molecule has 1 aromatic rings. The molecule has 0 aliphatic heterocycles. The molecule has 112 valence electrons. The molecule has 0 aromatic carbocycles. The first kappa shape index (κ1) is 15.3. The van der Waals surface area contributed by atoms with E-state index >= 15 is 0 Å². The maximum absolute atomic E-state index is 12.5. The highest BCUT2D eigenvalue weighted by Crippen LogP contribution is 2.35. The molecule has 0 bridgehead atoms.